The van der Waals surface area contributed by atoms with Crippen molar-refractivity contribution < 1.29 is 14.7 Å². The molecule has 72 valence electrons. The van der Waals surface area contributed by atoms with Crippen LogP contribution in [0.15, 0.2) is 0 Å². The molecule has 13 heavy (non-hydrogen) atoms. The fourth-order valence-corrected chi connectivity index (χ4v) is 2.12. The second-order valence-electron chi connectivity index (χ2n) is 3.75. The van der Waals surface area contributed by atoms with Gasteiger partial charge in [-0.25, -0.2) is 4.79 Å². The van der Waals surface area contributed by atoms with E-state index in [-0.39, 0.29) is 18.4 Å². The van der Waals surface area contributed by atoms with Crippen molar-refractivity contribution in [2.45, 2.75) is 24.8 Å². The van der Waals surface area contributed by atoms with Crippen molar-refractivity contribution in [3.05, 3.63) is 0 Å². The molecule has 3 N–H and O–H groups in total. The molecule has 0 radical (unpaired) electrons. The van der Waals surface area contributed by atoms with Crippen LogP contribution in [-0.2, 0) is 4.79 Å². The third-order valence-electron chi connectivity index (χ3n) is 3.03. The van der Waals surface area contributed by atoms with Crippen LogP contribution in [0.2, 0.25) is 0 Å². The predicted octanol–water partition coefficient (Wildman–Crippen LogP) is -0.643. The van der Waals surface area contributed by atoms with Gasteiger partial charge in [0, 0.05) is 12.5 Å². The SMILES string of the molecule is O=C1CC2(CCC2CO)NC(=O)N1. The smallest absolute Gasteiger partial charge is 0.321 e. The van der Waals surface area contributed by atoms with Gasteiger partial charge in [-0.15, -0.1) is 0 Å². The van der Waals surface area contributed by atoms with E-state index in [0.717, 1.165) is 12.8 Å². The Kier molecular flexibility index (Phi) is 1.76. The number of nitrogens with one attached hydrogen (secondary N) is 2. The summed E-state index contributed by atoms with van der Waals surface area (Å²) >= 11 is 0. The minimum Gasteiger partial charge on any atom is -0.396 e. The molecule has 1 heterocycles. The maximum absolute atomic E-state index is 11.1. The van der Waals surface area contributed by atoms with E-state index in [4.69, 9.17) is 5.11 Å². The molecule has 5 nitrogen and oxygen atoms in total. The van der Waals surface area contributed by atoms with Gasteiger partial charge >= 0.3 is 6.03 Å². The molecule has 0 bridgehead atoms. The number of carbonyl (C=O) groups is 2. The van der Waals surface area contributed by atoms with Crippen LogP contribution in [0.3, 0.4) is 0 Å². The van der Waals surface area contributed by atoms with E-state index in [9.17, 15) is 9.59 Å². The van der Waals surface area contributed by atoms with E-state index in [1.807, 2.05) is 0 Å². The maximum atomic E-state index is 11.1. The highest BCUT2D eigenvalue weighted by atomic mass is 16.3. The van der Waals surface area contributed by atoms with Crippen LogP contribution < -0.4 is 10.6 Å². The summed E-state index contributed by atoms with van der Waals surface area (Å²) in [5.74, 6) is -0.204. The van der Waals surface area contributed by atoms with E-state index in [1.165, 1.54) is 0 Å². The number of hydrogen-bond acceptors (Lipinski definition) is 3. The standard InChI is InChI=1S/C8H12N2O3/c11-4-5-1-2-8(5)3-6(12)9-7(13)10-8/h5,11H,1-4H2,(H2,9,10,12,13). The van der Waals surface area contributed by atoms with Gasteiger partial charge < -0.3 is 10.4 Å². The molecule has 2 atom stereocenters. The normalized spacial score (nSPS) is 38.1. The van der Waals surface area contributed by atoms with Gasteiger partial charge in [-0.1, -0.05) is 0 Å². The van der Waals surface area contributed by atoms with Gasteiger partial charge in [0.25, 0.3) is 0 Å². The Labute approximate surface area is 75.5 Å². The summed E-state index contributed by atoms with van der Waals surface area (Å²) in [7, 11) is 0. The number of urea groups is 1. The van der Waals surface area contributed by atoms with E-state index in [0.29, 0.717) is 6.42 Å². The molecule has 2 rings (SSSR count). The molecule has 5 heteroatoms. The average molecular weight is 184 g/mol. The summed E-state index contributed by atoms with van der Waals surface area (Å²) in [5, 5.41) is 13.9. The Hall–Kier alpha value is -1.10. The summed E-state index contributed by atoms with van der Waals surface area (Å²) in [5.41, 5.74) is -0.450. The highest BCUT2D eigenvalue weighted by Crippen LogP contribution is 2.41. The predicted molar refractivity (Wildman–Crippen MR) is 43.8 cm³/mol. The number of imide groups is 1. The molecule has 1 spiro atoms. The van der Waals surface area contributed by atoms with Gasteiger partial charge in [0.15, 0.2) is 0 Å². The van der Waals surface area contributed by atoms with Crippen molar-refractivity contribution in [2.24, 2.45) is 5.92 Å². The minimum atomic E-state index is -0.450. The Morgan fingerprint density at radius 2 is 2.31 bits per heavy atom. The Bertz CT molecular complexity index is 246. The summed E-state index contributed by atoms with van der Waals surface area (Å²) in [6.07, 6.45) is 1.96. The number of amides is 3. The first kappa shape index (κ1) is 8.50. The topological polar surface area (TPSA) is 78.4 Å². The fraction of sp³-hybridized carbons (Fsp3) is 0.750. The average Bonchev–Trinajstić information content (AvgIpc) is 2.01. The zero-order valence-electron chi connectivity index (χ0n) is 7.17. The first-order valence-corrected chi connectivity index (χ1v) is 4.39. The van der Waals surface area contributed by atoms with Gasteiger partial charge in [0.05, 0.1) is 12.0 Å². The summed E-state index contributed by atoms with van der Waals surface area (Å²) in [6, 6.07) is -0.436. The summed E-state index contributed by atoms with van der Waals surface area (Å²) in [6.45, 7) is 0.0353. The van der Waals surface area contributed by atoms with Gasteiger partial charge in [-0.2, -0.15) is 0 Å². The van der Waals surface area contributed by atoms with Crippen molar-refractivity contribution in [2.75, 3.05) is 6.61 Å². The zero-order chi connectivity index (χ0) is 9.47. The number of rotatable bonds is 1. The van der Waals surface area contributed by atoms with Crippen molar-refractivity contribution in [1.29, 1.82) is 0 Å². The van der Waals surface area contributed by atoms with E-state index < -0.39 is 11.6 Å². The number of aliphatic hydroxyl groups is 1. The molecule has 2 unspecified atom stereocenters. The van der Waals surface area contributed by atoms with Crippen LogP contribution in [-0.4, -0.2) is 29.2 Å². The Balaban J connectivity index is 2.13. The minimum absolute atomic E-state index is 0.0353. The number of carbonyl (C=O) groups excluding carboxylic acids is 2. The van der Waals surface area contributed by atoms with Crippen molar-refractivity contribution >= 4 is 11.9 Å². The molecule has 0 aromatic carbocycles. The lowest BCUT2D eigenvalue weighted by Crippen LogP contribution is -2.68. The van der Waals surface area contributed by atoms with Crippen LogP contribution in [0.25, 0.3) is 0 Å². The fourth-order valence-electron chi connectivity index (χ4n) is 2.12. The van der Waals surface area contributed by atoms with Crippen LogP contribution in [0, 0.1) is 5.92 Å². The Morgan fingerprint density at radius 1 is 1.54 bits per heavy atom. The molecular weight excluding hydrogens is 172 g/mol. The monoisotopic (exact) mass is 184 g/mol. The highest BCUT2D eigenvalue weighted by molar-refractivity contribution is 5.98. The maximum Gasteiger partial charge on any atom is 0.321 e. The first-order valence-electron chi connectivity index (χ1n) is 4.39. The van der Waals surface area contributed by atoms with E-state index in [1.54, 1.807) is 0 Å². The molecule has 1 saturated carbocycles. The molecule has 2 fully saturated rings. The van der Waals surface area contributed by atoms with Crippen LogP contribution in [0.4, 0.5) is 4.79 Å². The Morgan fingerprint density at radius 3 is 2.77 bits per heavy atom. The van der Waals surface area contributed by atoms with Crippen molar-refractivity contribution in [3.8, 4) is 0 Å². The third-order valence-corrected chi connectivity index (χ3v) is 3.03. The third kappa shape index (κ3) is 1.19. The molecule has 0 aromatic heterocycles. The molecule has 3 amide bonds. The largest absolute Gasteiger partial charge is 0.396 e. The summed E-state index contributed by atoms with van der Waals surface area (Å²) in [4.78, 5) is 22.1. The first-order chi connectivity index (χ1) is 6.16. The zero-order valence-corrected chi connectivity index (χ0v) is 7.17. The second-order valence-corrected chi connectivity index (χ2v) is 3.75. The van der Waals surface area contributed by atoms with Crippen LogP contribution >= 0.6 is 0 Å². The van der Waals surface area contributed by atoms with Gasteiger partial charge in [-0.3, -0.25) is 10.1 Å². The molecule has 1 aliphatic carbocycles. The molecule has 2 aliphatic rings. The lowest BCUT2D eigenvalue weighted by molar-refractivity contribution is -0.125. The molecule has 1 aliphatic heterocycles. The van der Waals surface area contributed by atoms with Gasteiger partial charge in [0.1, 0.15) is 0 Å². The molecule has 0 aromatic rings. The lowest BCUT2D eigenvalue weighted by atomic mass is 9.64. The van der Waals surface area contributed by atoms with E-state index in [2.05, 4.69) is 10.6 Å². The van der Waals surface area contributed by atoms with Gasteiger partial charge in [-0.05, 0) is 12.8 Å². The second kappa shape index (κ2) is 2.70. The highest BCUT2D eigenvalue weighted by Gasteiger charge is 2.51. The molecule has 1 saturated heterocycles. The van der Waals surface area contributed by atoms with Crippen LogP contribution in [0.1, 0.15) is 19.3 Å². The van der Waals surface area contributed by atoms with Gasteiger partial charge in [0.2, 0.25) is 5.91 Å². The number of hydrogen-bond donors (Lipinski definition) is 3. The van der Waals surface area contributed by atoms with Crippen LogP contribution in [0.5, 0.6) is 0 Å². The van der Waals surface area contributed by atoms with Crippen molar-refractivity contribution in [3.63, 3.8) is 0 Å². The number of aliphatic hydroxyl groups excluding tert-OH is 1. The quantitative estimate of drug-likeness (QED) is 0.507. The van der Waals surface area contributed by atoms with Crippen molar-refractivity contribution in [1.82, 2.24) is 10.6 Å². The molecular formula is C8H12N2O3. The lowest BCUT2D eigenvalue weighted by Gasteiger charge is -2.50. The van der Waals surface area contributed by atoms with E-state index >= 15 is 0 Å². The summed E-state index contributed by atoms with van der Waals surface area (Å²) < 4.78 is 0.